The molecule has 0 saturated heterocycles. The summed E-state index contributed by atoms with van der Waals surface area (Å²) < 4.78 is 2.69. The first-order valence-electron chi connectivity index (χ1n) is 17.7. The molecule has 4 heterocycles. The fourth-order valence-electron chi connectivity index (χ4n) is 10.6. The monoisotopic (exact) mass is 640 g/mol. The van der Waals surface area contributed by atoms with Crippen molar-refractivity contribution in [3.63, 3.8) is 0 Å². The molecule has 0 spiro atoms. The third-order valence-electron chi connectivity index (χ3n) is 12.7. The summed E-state index contributed by atoms with van der Waals surface area (Å²) >= 11 is 0. The summed E-state index contributed by atoms with van der Waals surface area (Å²) in [6.45, 7) is 10.1. The molecule has 0 N–H and O–H groups in total. The van der Waals surface area contributed by atoms with Crippen LogP contribution in [0, 0.1) is 0 Å². The predicted molar refractivity (Wildman–Crippen MR) is 212 cm³/mol. The van der Waals surface area contributed by atoms with Gasteiger partial charge in [-0.1, -0.05) is 130 Å². The van der Waals surface area contributed by atoms with Crippen molar-refractivity contribution in [2.24, 2.45) is 0 Å². The average molecular weight is 641 g/mol. The van der Waals surface area contributed by atoms with Crippen LogP contribution in [0.5, 0.6) is 0 Å². The van der Waals surface area contributed by atoms with Gasteiger partial charge in [-0.3, -0.25) is 0 Å². The third kappa shape index (κ3) is 2.91. The lowest BCUT2D eigenvalue weighted by molar-refractivity contribution is 0.657. The Kier molecular flexibility index (Phi) is 4.59. The number of hydrogen-bond acceptors (Lipinski definition) is 1. The van der Waals surface area contributed by atoms with E-state index in [9.17, 15) is 0 Å². The van der Waals surface area contributed by atoms with Gasteiger partial charge in [-0.15, -0.1) is 0 Å². The summed E-state index contributed by atoms with van der Waals surface area (Å²) in [5.41, 5.74) is 18.0. The number of aromatic nitrogens is 1. The number of fused-ring (bicyclic) bond motifs is 14. The molecule has 230 valence electrons. The number of para-hydroxylation sites is 3. The molecule has 2 nitrogen and oxygen atoms in total. The Morgan fingerprint density at radius 2 is 1.31 bits per heavy atom. The zero-order chi connectivity index (χ0) is 32.6. The van der Waals surface area contributed by atoms with Crippen molar-refractivity contribution in [3.8, 4) is 27.9 Å². The molecule has 3 aliphatic heterocycles. The normalized spacial score (nSPS) is 16.4. The lowest BCUT2D eigenvalue weighted by Gasteiger charge is -2.49. The van der Waals surface area contributed by atoms with Crippen LogP contribution < -0.4 is 26.1 Å². The van der Waals surface area contributed by atoms with Crippen LogP contribution in [0.15, 0.2) is 127 Å². The van der Waals surface area contributed by atoms with Gasteiger partial charge in [0, 0.05) is 38.8 Å². The highest BCUT2D eigenvalue weighted by Crippen LogP contribution is 2.55. The predicted octanol–water partition coefficient (Wildman–Crippen LogP) is 8.62. The molecule has 0 amide bonds. The maximum Gasteiger partial charge on any atom is 0.333 e. The van der Waals surface area contributed by atoms with Crippen molar-refractivity contribution in [1.82, 2.24) is 4.57 Å². The van der Waals surface area contributed by atoms with Crippen LogP contribution in [0.1, 0.15) is 25.0 Å². The van der Waals surface area contributed by atoms with E-state index in [0.29, 0.717) is 0 Å². The highest BCUT2D eigenvalue weighted by Gasteiger charge is 2.52. The van der Waals surface area contributed by atoms with Crippen LogP contribution in [-0.2, 0) is 5.41 Å². The highest BCUT2D eigenvalue weighted by molar-refractivity contribution is 7.05. The van der Waals surface area contributed by atoms with Crippen LogP contribution in [0.4, 0.5) is 11.4 Å². The Morgan fingerprint density at radius 1 is 0.592 bits per heavy atom. The Bertz CT molecular complexity index is 2860. The van der Waals surface area contributed by atoms with Gasteiger partial charge < -0.3 is 9.38 Å². The smallest absolute Gasteiger partial charge is 0.333 e. The van der Waals surface area contributed by atoms with Crippen molar-refractivity contribution in [3.05, 3.63) is 139 Å². The fourth-order valence-corrected chi connectivity index (χ4v) is 13.6. The molecule has 1 aromatic heterocycles. The molecule has 8 aromatic rings. The van der Waals surface area contributed by atoms with E-state index in [4.69, 9.17) is 0 Å². The Balaban J connectivity index is 1.35. The van der Waals surface area contributed by atoms with Gasteiger partial charge in [-0.2, -0.15) is 0 Å². The summed E-state index contributed by atoms with van der Waals surface area (Å²) in [7, 11) is -1.98. The van der Waals surface area contributed by atoms with Crippen molar-refractivity contribution >= 4 is 80.2 Å². The number of anilines is 2. The molecule has 12 rings (SSSR count). The van der Waals surface area contributed by atoms with Crippen LogP contribution in [-0.4, -0.2) is 19.5 Å². The van der Waals surface area contributed by atoms with Crippen LogP contribution in [0.25, 0.3) is 60.5 Å². The number of rotatable bonds is 0. The molecule has 49 heavy (non-hydrogen) atoms. The second-order valence-electron chi connectivity index (χ2n) is 15.7. The molecular formula is C45H33BN2Si. The summed E-state index contributed by atoms with van der Waals surface area (Å²) in [5.74, 6) is 0. The third-order valence-corrected chi connectivity index (χ3v) is 16.2. The van der Waals surface area contributed by atoms with E-state index >= 15 is 0 Å². The zero-order valence-electron chi connectivity index (χ0n) is 28.1. The van der Waals surface area contributed by atoms with E-state index in [1.165, 1.54) is 99.1 Å². The molecule has 4 aliphatic rings. The van der Waals surface area contributed by atoms with Crippen molar-refractivity contribution in [2.45, 2.75) is 32.4 Å². The second-order valence-corrected chi connectivity index (χ2v) is 20.0. The fraction of sp³-hybridized carbons (Fsp3) is 0.111. The maximum atomic E-state index is 2.76. The van der Waals surface area contributed by atoms with Crippen molar-refractivity contribution in [2.75, 3.05) is 4.81 Å². The van der Waals surface area contributed by atoms with Gasteiger partial charge in [0.25, 0.3) is 0 Å². The first-order chi connectivity index (χ1) is 23.9. The van der Waals surface area contributed by atoms with Gasteiger partial charge in [0.05, 0.1) is 11.0 Å². The van der Waals surface area contributed by atoms with Gasteiger partial charge in [-0.25, -0.2) is 0 Å². The molecule has 0 atom stereocenters. The molecule has 0 bridgehead atoms. The van der Waals surface area contributed by atoms with Crippen molar-refractivity contribution in [1.29, 1.82) is 0 Å². The lowest BCUT2D eigenvalue weighted by atomic mass is 9.43. The second kappa shape index (κ2) is 8.45. The summed E-state index contributed by atoms with van der Waals surface area (Å²) in [4.78, 5) is 2.76. The van der Waals surface area contributed by atoms with Gasteiger partial charge >= 0.3 is 6.85 Å². The topological polar surface area (TPSA) is 8.17 Å². The Morgan fingerprint density at radius 3 is 2.18 bits per heavy atom. The van der Waals surface area contributed by atoms with Crippen LogP contribution in [0.2, 0.25) is 13.1 Å². The largest absolute Gasteiger partial charge is 0.377 e. The SMILES string of the molecule is CC1(C)c2ccccc2-c2cc3c4c(c21)-n1c2cc5ccccc5cc2c2cccc(c21)B4N1c2ccccc2[Si](C)(C)c2cccc-3c21. The number of benzene rings is 7. The molecule has 0 fully saturated rings. The maximum absolute atomic E-state index is 2.76. The van der Waals surface area contributed by atoms with Crippen LogP contribution in [0.3, 0.4) is 0 Å². The average Bonchev–Trinajstić information content (AvgIpc) is 3.56. The van der Waals surface area contributed by atoms with E-state index in [1.807, 2.05) is 0 Å². The first-order valence-corrected chi connectivity index (χ1v) is 20.7. The van der Waals surface area contributed by atoms with Gasteiger partial charge in [-0.05, 0) is 84.2 Å². The molecule has 0 radical (unpaired) electrons. The zero-order valence-corrected chi connectivity index (χ0v) is 29.1. The summed E-state index contributed by atoms with van der Waals surface area (Å²) in [6.07, 6.45) is 0. The Labute approximate surface area is 287 Å². The summed E-state index contributed by atoms with van der Waals surface area (Å²) in [6, 6.07) is 49.1. The molecule has 1 aliphatic carbocycles. The Hall–Kier alpha value is -5.32. The van der Waals surface area contributed by atoms with Crippen molar-refractivity contribution < 1.29 is 0 Å². The van der Waals surface area contributed by atoms with E-state index in [-0.39, 0.29) is 12.3 Å². The van der Waals surface area contributed by atoms with Gasteiger partial charge in [0.2, 0.25) is 0 Å². The first kappa shape index (κ1) is 26.6. The van der Waals surface area contributed by atoms with E-state index < -0.39 is 8.07 Å². The minimum absolute atomic E-state index is 0.0599. The van der Waals surface area contributed by atoms with Gasteiger partial charge in [0.15, 0.2) is 0 Å². The van der Waals surface area contributed by atoms with E-state index in [1.54, 1.807) is 5.19 Å². The molecule has 0 saturated carbocycles. The molecule has 4 heteroatoms. The highest BCUT2D eigenvalue weighted by atomic mass is 28.3. The molecule has 7 aromatic carbocycles. The standard InChI is InChI=1S/C45H33BN2Si/c1-45(2)34-18-8-7-15-28(34)32-25-33-30-17-12-22-39-43(30)48(36-20-9-10-21-38(36)49(39,3)4)46-35-19-11-16-29-31-23-26-13-5-6-14-27(26)24-37(31)47(42(29)35)44(40(32)45)41(33)46/h5-25H,1-4H3. The van der Waals surface area contributed by atoms with Gasteiger partial charge in [0.1, 0.15) is 8.07 Å². The molecule has 0 unspecified atom stereocenters. The minimum atomic E-state index is -1.98. The quantitative estimate of drug-likeness (QED) is 0.151. The molecular weight excluding hydrogens is 607 g/mol. The van der Waals surface area contributed by atoms with E-state index in [0.717, 1.165) is 0 Å². The van der Waals surface area contributed by atoms with Crippen LogP contribution >= 0.6 is 0 Å². The lowest BCUT2D eigenvalue weighted by Crippen LogP contribution is -2.68. The number of hydrogen-bond donors (Lipinski definition) is 0. The number of nitrogens with zero attached hydrogens (tertiary/aromatic N) is 2. The summed E-state index contributed by atoms with van der Waals surface area (Å²) in [5, 5.41) is 8.33. The minimum Gasteiger partial charge on any atom is -0.377 e. The van der Waals surface area contributed by atoms with E-state index in [2.05, 4.69) is 164 Å².